The number of benzene rings is 2. The molecule has 2 aromatic carbocycles. The average Bonchev–Trinajstić information content (AvgIpc) is 2.61. The molecule has 1 N–H and O–H groups in total. The van der Waals surface area contributed by atoms with Crippen LogP contribution in [-0.4, -0.2) is 29.3 Å². The van der Waals surface area contributed by atoms with E-state index < -0.39 is 6.04 Å². The van der Waals surface area contributed by atoms with Gasteiger partial charge in [-0.05, 0) is 44.0 Å². The Balaban J connectivity index is 2.26. The van der Waals surface area contributed by atoms with Gasteiger partial charge in [0.1, 0.15) is 6.04 Å². The first kappa shape index (κ1) is 21.3. The number of aryl methyl sites for hydroxylation is 1. The molecular formula is C21H24Cl2N2O2. The molecule has 0 heterocycles. The van der Waals surface area contributed by atoms with E-state index in [1.165, 1.54) is 0 Å². The van der Waals surface area contributed by atoms with Gasteiger partial charge in [0.05, 0.1) is 6.42 Å². The lowest BCUT2D eigenvalue weighted by atomic mass is 10.1. The Morgan fingerprint density at radius 1 is 1.15 bits per heavy atom. The van der Waals surface area contributed by atoms with Crippen molar-refractivity contribution in [2.24, 2.45) is 0 Å². The van der Waals surface area contributed by atoms with Gasteiger partial charge in [-0.15, -0.1) is 0 Å². The first-order chi connectivity index (χ1) is 12.8. The van der Waals surface area contributed by atoms with Crippen LogP contribution < -0.4 is 5.32 Å². The van der Waals surface area contributed by atoms with Crippen LogP contribution in [0.1, 0.15) is 30.5 Å². The van der Waals surface area contributed by atoms with Crippen LogP contribution in [0.4, 0.5) is 0 Å². The van der Waals surface area contributed by atoms with Crippen molar-refractivity contribution in [1.82, 2.24) is 10.2 Å². The second-order valence-corrected chi connectivity index (χ2v) is 7.34. The lowest BCUT2D eigenvalue weighted by Crippen LogP contribution is -2.48. The Morgan fingerprint density at radius 2 is 1.89 bits per heavy atom. The number of halogens is 2. The number of hydrogen-bond acceptors (Lipinski definition) is 2. The first-order valence-electron chi connectivity index (χ1n) is 8.88. The van der Waals surface area contributed by atoms with Crippen LogP contribution in [0.5, 0.6) is 0 Å². The molecule has 6 heteroatoms. The van der Waals surface area contributed by atoms with Crippen LogP contribution in [-0.2, 0) is 22.6 Å². The molecule has 0 bridgehead atoms. The number of amides is 2. The molecule has 144 valence electrons. The number of hydrogen-bond donors (Lipinski definition) is 1. The number of rotatable bonds is 7. The van der Waals surface area contributed by atoms with Gasteiger partial charge in [0.15, 0.2) is 0 Å². The van der Waals surface area contributed by atoms with Crippen LogP contribution in [0.2, 0.25) is 10.0 Å². The van der Waals surface area contributed by atoms with E-state index in [-0.39, 0.29) is 18.2 Å². The van der Waals surface area contributed by atoms with Gasteiger partial charge in [0.2, 0.25) is 11.8 Å². The van der Waals surface area contributed by atoms with Gasteiger partial charge in [-0.25, -0.2) is 0 Å². The largest absolute Gasteiger partial charge is 0.355 e. The Bertz CT molecular complexity index is 824. The zero-order valence-corrected chi connectivity index (χ0v) is 17.3. The van der Waals surface area contributed by atoms with Crippen molar-refractivity contribution < 1.29 is 9.59 Å². The predicted molar refractivity (Wildman–Crippen MR) is 110 cm³/mol. The fraction of sp³-hybridized carbons (Fsp3) is 0.333. The molecule has 2 amide bonds. The third kappa shape index (κ3) is 5.98. The number of carbonyl (C=O) groups is 2. The van der Waals surface area contributed by atoms with Gasteiger partial charge >= 0.3 is 0 Å². The summed E-state index contributed by atoms with van der Waals surface area (Å²) < 4.78 is 0. The van der Waals surface area contributed by atoms with E-state index >= 15 is 0 Å². The summed E-state index contributed by atoms with van der Waals surface area (Å²) in [5.41, 5.74) is 2.76. The summed E-state index contributed by atoms with van der Waals surface area (Å²) in [5.74, 6) is -0.347. The summed E-state index contributed by atoms with van der Waals surface area (Å²) in [6.45, 7) is 6.45. The SMILES string of the molecule is CCNC(=O)[C@@H](C)N(Cc1cccc(C)c1)C(=O)Cc1ccc(Cl)cc1Cl. The van der Waals surface area contributed by atoms with Crippen LogP contribution in [0.3, 0.4) is 0 Å². The topological polar surface area (TPSA) is 49.4 Å². The van der Waals surface area contributed by atoms with E-state index in [4.69, 9.17) is 23.2 Å². The highest BCUT2D eigenvalue weighted by atomic mass is 35.5. The summed E-state index contributed by atoms with van der Waals surface area (Å²) in [6.07, 6.45) is 0.103. The molecule has 0 saturated carbocycles. The molecule has 0 fully saturated rings. The summed E-state index contributed by atoms with van der Waals surface area (Å²) in [4.78, 5) is 27.0. The molecule has 0 unspecified atom stereocenters. The van der Waals surface area contributed by atoms with Crippen LogP contribution in [0, 0.1) is 6.92 Å². The third-order valence-corrected chi connectivity index (χ3v) is 4.90. The summed E-state index contributed by atoms with van der Waals surface area (Å²) >= 11 is 12.1. The van der Waals surface area contributed by atoms with E-state index in [2.05, 4.69) is 5.32 Å². The van der Waals surface area contributed by atoms with Crippen molar-refractivity contribution in [2.75, 3.05) is 6.54 Å². The number of nitrogens with one attached hydrogen (secondary N) is 1. The highest BCUT2D eigenvalue weighted by Crippen LogP contribution is 2.22. The molecule has 27 heavy (non-hydrogen) atoms. The van der Waals surface area contributed by atoms with E-state index in [0.717, 1.165) is 11.1 Å². The van der Waals surface area contributed by atoms with Crippen molar-refractivity contribution in [3.63, 3.8) is 0 Å². The highest BCUT2D eigenvalue weighted by Gasteiger charge is 2.26. The predicted octanol–water partition coefficient (Wildman–Crippen LogP) is 4.40. The quantitative estimate of drug-likeness (QED) is 0.740. The molecule has 0 radical (unpaired) electrons. The zero-order chi connectivity index (χ0) is 20.0. The summed E-state index contributed by atoms with van der Waals surface area (Å²) in [5, 5.41) is 3.74. The third-order valence-electron chi connectivity index (χ3n) is 4.31. The van der Waals surface area contributed by atoms with Crippen LogP contribution in [0.25, 0.3) is 0 Å². The van der Waals surface area contributed by atoms with Gasteiger partial charge in [0, 0.05) is 23.1 Å². The molecule has 2 aromatic rings. The fourth-order valence-corrected chi connectivity index (χ4v) is 3.32. The minimum Gasteiger partial charge on any atom is -0.355 e. The minimum atomic E-state index is -0.593. The van der Waals surface area contributed by atoms with Crippen molar-refractivity contribution in [2.45, 2.75) is 39.8 Å². The van der Waals surface area contributed by atoms with Crippen molar-refractivity contribution in [3.8, 4) is 0 Å². The van der Waals surface area contributed by atoms with E-state index in [1.807, 2.05) is 38.1 Å². The molecule has 2 rings (SSSR count). The summed E-state index contributed by atoms with van der Waals surface area (Å²) in [7, 11) is 0. The van der Waals surface area contributed by atoms with Gasteiger partial charge in [0.25, 0.3) is 0 Å². The minimum absolute atomic E-state index is 0.103. The van der Waals surface area contributed by atoms with E-state index in [1.54, 1.807) is 30.0 Å². The van der Waals surface area contributed by atoms with Crippen molar-refractivity contribution in [3.05, 3.63) is 69.2 Å². The standard InChI is InChI=1S/C21H24Cl2N2O2/c1-4-24-21(27)15(3)25(13-16-7-5-6-14(2)10-16)20(26)11-17-8-9-18(22)12-19(17)23/h5-10,12,15H,4,11,13H2,1-3H3,(H,24,27)/t15-/m1/s1. The Kier molecular flexibility index (Phi) is 7.69. The van der Waals surface area contributed by atoms with Crippen LogP contribution in [0.15, 0.2) is 42.5 Å². The molecule has 4 nitrogen and oxygen atoms in total. The highest BCUT2D eigenvalue weighted by molar-refractivity contribution is 6.35. The average molecular weight is 407 g/mol. The lowest BCUT2D eigenvalue weighted by molar-refractivity contribution is -0.140. The zero-order valence-electron chi connectivity index (χ0n) is 15.8. The number of carbonyl (C=O) groups excluding carboxylic acids is 2. The molecule has 0 aliphatic carbocycles. The molecule has 1 atom stereocenters. The van der Waals surface area contributed by atoms with E-state index in [0.29, 0.717) is 28.7 Å². The molecule has 0 saturated heterocycles. The molecular weight excluding hydrogens is 383 g/mol. The maximum atomic E-state index is 13.0. The molecule has 0 aromatic heterocycles. The Labute approximate surface area is 170 Å². The molecule has 0 spiro atoms. The summed E-state index contributed by atoms with van der Waals surface area (Å²) in [6, 6.07) is 12.4. The Morgan fingerprint density at radius 3 is 2.52 bits per heavy atom. The maximum absolute atomic E-state index is 13.0. The van der Waals surface area contributed by atoms with Gasteiger partial charge in [-0.3, -0.25) is 9.59 Å². The second-order valence-electron chi connectivity index (χ2n) is 6.49. The Hall–Kier alpha value is -2.04. The van der Waals surface area contributed by atoms with Gasteiger partial charge < -0.3 is 10.2 Å². The molecule has 0 aliphatic heterocycles. The molecule has 0 aliphatic rings. The second kappa shape index (κ2) is 9.77. The smallest absolute Gasteiger partial charge is 0.242 e. The normalized spacial score (nSPS) is 11.7. The monoisotopic (exact) mass is 406 g/mol. The lowest BCUT2D eigenvalue weighted by Gasteiger charge is -2.29. The van der Waals surface area contributed by atoms with Gasteiger partial charge in [-0.1, -0.05) is 59.1 Å². The van der Waals surface area contributed by atoms with Gasteiger partial charge in [-0.2, -0.15) is 0 Å². The van der Waals surface area contributed by atoms with Crippen LogP contribution >= 0.6 is 23.2 Å². The first-order valence-corrected chi connectivity index (χ1v) is 9.64. The number of likely N-dealkylation sites (N-methyl/N-ethyl adjacent to an activating group) is 1. The fourth-order valence-electron chi connectivity index (χ4n) is 2.84. The maximum Gasteiger partial charge on any atom is 0.242 e. The van der Waals surface area contributed by atoms with E-state index in [9.17, 15) is 9.59 Å². The number of nitrogens with zero attached hydrogens (tertiary/aromatic N) is 1. The van der Waals surface area contributed by atoms with Crippen molar-refractivity contribution >= 4 is 35.0 Å². The van der Waals surface area contributed by atoms with Crippen molar-refractivity contribution in [1.29, 1.82) is 0 Å².